The smallest absolute Gasteiger partial charge is 0.310 e. The quantitative estimate of drug-likeness (QED) is 0.712. The van der Waals surface area contributed by atoms with Crippen molar-refractivity contribution in [1.82, 2.24) is 0 Å². The van der Waals surface area contributed by atoms with Crippen LogP contribution in [0, 0.1) is 11.8 Å². The van der Waals surface area contributed by atoms with E-state index in [-0.39, 0.29) is 37.3 Å². The van der Waals surface area contributed by atoms with E-state index in [1.165, 1.54) is 0 Å². The number of fused-ring (bicyclic) bond motifs is 4. The van der Waals surface area contributed by atoms with Crippen LogP contribution in [0.4, 0.5) is 0 Å². The molecule has 4 aliphatic rings. The summed E-state index contributed by atoms with van der Waals surface area (Å²) >= 11 is 0. The Labute approximate surface area is 172 Å². The first-order valence-corrected chi connectivity index (χ1v) is 9.83. The first-order chi connectivity index (χ1) is 14.7. The van der Waals surface area contributed by atoms with Crippen LogP contribution in [0.1, 0.15) is 22.6 Å². The van der Waals surface area contributed by atoms with Gasteiger partial charge in [0, 0.05) is 17.4 Å². The van der Waals surface area contributed by atoms with Crippen molar-refractivity contribution in [2.45, 2.75) is 12.3 Å². The van der Waals surface area contributed by atoms with Crippen LogP contribution >= 0.6 is 0 Å². The van der Waals surface area contributed by atoms with Crippen LogP contribution in [-0.2, 0) is 16.0 Å². The number of carbonyl (C=O) groups excluding carboxylic acids is 1. The fraction of sp³-hybridized carbons (Fsp3) is 0.409. The Morgan fingerprint density at radius 3 is 2.43 bits per heavy atom. The lowest BCUT2D eigenvalue weighted by molar-refractivity contribution is -0.141. The van der Waals surface area contributed by atoms with Crippen LogP contribution in [0.15, 0.2) is 18.2 Å². The SMILES string of the molecule is COc1cc([C@@H]2c3cc4c(c(OC)c3C[C@H]3COC(=O)[C@@H]32)OCO4)cc2c1OCO2. The minimum absolute atomic E-state index is 0.0423. The van der Waals surface area contributed by atoms with Crippen LogP contribution in [0.25, 0.3) is 0 Å². The van der Waals surface area contributed by atoms with Crippen molar-refractivity contribution < 1.29 is 38.0 Å². The predicted octanol–water partition coefficient (Wildman–Crippen LogP) is 2.64. The van der Waals surface area contributed by atoms with Crippen molar-refractivity contribution in [1.29, 1.82) is 0 Å². The fourth-order valence-electron chi connectivity index (χ4n) is 5.12. The molecule has 0 amide bonds. The number of ether oxygens (including phenoxy) is 7. The van der Waals surface area contributed by atoms with Crippen molar-refractivity contribution in [2.24, 2.45) is 11.8 Å². The third-order valence-electron chi connectivity index (χ3n) is 6.38. The highest BCUT2D eigenvalue weighted by molar-refractivity contribution is 5.79. The molecule has 6 rings (SSSR count). The molecule has 2 aromatic carbocycles. The first-order valence-electron chi connectivity index (χ1n) is 9.83. The number of cyclic esters (lactones) is 1. The van der Waals surface area contributed by atoms with Crippen LogP contribution in [-0.4, -0.2) is 40.4 Å². The van der Waals surface area contributed by atoms with Gasteiger partial charge in [-0.25, -0.2) is 0 Å². The van der Waals surface area contributed by atoms with Gasteiger partial charge < -0.3 is 33.2 Å². The normalized spacial score (nSPS) is 24.9. The summed E-state index contributed by atoms with van der Waals surface area (Å²) in [7, 11) is 3.21. The molecule has 2 aromatic rings. The van der Waals surface area contributed by atoms with Gasteiger partial charge in [-0.3, -0.25) is 4.79 Å². The second-order valence-corrected chi connectivity index (χ2v) is 7.77. The van der Waals surface area contributed by atoms with E-state index in [2.05, 4.69) is 0 Å². The van der Waals surface area contributed by atoms with Gasteiger partial charge >= 0.3 is 5.97 Å². The van der Waals surface area contributed by atoms with Gasteiger partial charge in [0.1, 0.15) is 0 Å². The van der Waals surface area contributed by atoms with Crippen molar-refractivity contribution in [2.75, 3.05) is 34.4 Å². The number of carbonyl (C=O) groups is 1. The fourth-order valence-corrected chi connectivity index (χ4v) is 5.12. The standard InChI is InChI=1S/C22H20O8/c1-24-14-4-10(5-15-20(14)29-8-27-15)17-12-6-16-21(30-9-28-16)19(25-2)13(12)3-11-7-26-22(23)18(11)17/h4-6,11,17-18H,3,7-9H2,1-2H3/t11-,17+,18-/m0/s1. The topological polar surface area (TPSA) is 81.7 Å². The lowest BCUT2D eigenvalue weighted by Gasteiger charge is -2.34. The lowest BCUT2D eigenvalue weighted by atomic mass is 9.67. The van der Waals surface area contributed by atoms with E-state index in [0.717, 1.165) is 16.7 Å². The van der Waals surface area contributed by atoms with Crippen molar-refractivity contribution in [3.8, 4) is 34.5 Å². The monoisotopic (exact) mass is 412 g/mol. The van der Waals surface area contributed by atoms with Crippen LogP contribution in [0.5, 0.6) is 34.5 Å². The Morgan fingerprint density at radius 2 is 1.67 bits per heavy atom. The molecule has 8 heteroatoms. The third kappa shape index (κ3) is 2.30. The highest BCUT2D eigenvalue weighted by Crippen LogP contribution is 2.56. The van der Waals surface area contributed by atoms with Gasteiger partial charge in [-0.05, 0) is 35.7 Å². The average Bonchev–Trinajstić information content (AvgIpc) is 3.50. The van der Waals surface area contributed by atoms with E-state index in [4.69, 9.17) is 33.2 Å². The number of methoxy groups -OCH3 is 2. The molecule has 30 heavy (non-hydrogen) atoms. The van der Waals surface area contributed by atoms with Crippen LogP contribution in [0.3, 0.4) is 0 Å². The Hall–Kier alpha value is -3.29. The zero-order chi connectivity index (χ0) is 20.4. The summed E-state index contributed by atoms with van der Waals surface area (Å²) in [5.74, 6) is 2.92. The third-order valence-corrected chi connectivity index (χ3v) is 6.38. The summed E-state index contributed by atoms with van der Waals surface area (Å²) in [6.07, 6.45) is 0.670. The molecule has 1 saturated heterocycles. The summed E-state index contributed by atoms with van der Waals surface area (Å²) in [5, 5.41) is 0. The summed E-state index contributed by atoms with van der Waals surface area (Å²) < 4.78 is 39.2. The molecule has 0 N–H and O–H groups in total. The number of hydrogen-bond donors (Lipinski definition) is 0. The summed E-state index contributed by atoms with van der Waals surface area (Å²) in [6.45, 7) is 0.668. The Bertz CT molecular complexity index is 1060. The molecule has 156 valence electrons. The Morgan fingerprint density at radius 1 is 0.900 bits per heavy atom. The zero-order valence-corrected chi connectivity index (χ0v) is 16.6. The van der Waals surface area contributed by atoms with Gasteiger partial charge in [0.15, 0.2) is 23.0 Å². The maximum Gasteiger partial charge on any atom is 0.310 e. The molecule has 1 aliphatic carbocycles. The molecule has 3 atom stereocenters. The van der Waals surface area contributed by atoms with Crippen LogP contribution < -0.4 is 28.4 Å². The summed E-state index contributed by atoms with van der Waals surface area (Å²) in [4.78, 5) is 12.8. The maximum absolute atomic E-state index is 12.8. The second kappa shape index (κ2) is 6.35. The van der Waals surface area contributed by atoms with E-state index in [9.17, 15) is 4.79 Å². The number of esters is 1. The van der Waals surface area contributed by atoms with Crippen LogP contribution in [0.2, 0.25) is 0 Å². The van der Waals surface area contributed by atoms with Gasteiger partial charge in [0.2, 0.25) is 25.1 Å². The molecular formula is C22H20O8. The molecule has 3 heterocycles. The van der Waals surface area contributed by atoms with Gasteiger partial charge in [0.05, 0.1) is 26.7 Å². The highest BCUT2D eigenvalue weighted by atomic mass is 16.7. The molecule has 1 fully saturated rings. The molecule has 0 spiro atoms. The highest BCUT2D eigenvalue weighted by Gasteiger charge is 2.49. The summed E-state index contributed by atoms with van der Waals surface area (Å²) in [5.41, 5.74) is 2.88. The Balaban J connectivity index is 1.59. The molecule has 0 saturated carbocycles. The van der Waals surface area contributed by atoms with Gasteiger partial charge in [-0.1, -0.05) is 0 Å². The van der Waals surface area contributed by atoms with Gasteiger partial charge in [-0.15, -0.1) is 0 Å². The summed E-state index contributed by atoms with van der Waals surface area (Å²) in [6, 6.07) is 5.79. The molecule has 0 radical (unpaired) electrons. The zero-order valence-electron chi connectivity index (χ0n) is 16.6. The Kier molecular flexibility index (Phi) is 3.72. The number of benzene rings is 2. The molecule has 3 aliphatic heterocycles. The predicted molar refractivity (Wildman–Crippen MR) is 102 cm³/mol. The van der Waals surface area contributed by atoms with Crippen molar-refractivity contribution in [3.63, 3.8) is 0 Å². The number of rotatable bonds is 3. The van der Waals surface area contributed by atoms with Gasteiger partial charge in [0.25, 0.3) is 0 Å². The van der Waals surface area contributed by atoms with E-state index < -0.39 is 0 Å². The lowest BCUT2D eigenvalue weighted by Crippen LogP contribution is -2.31. The molecule has 8 nitrogen and oxygen atoms in total. The van der Waals surface area contributed by atoms with Crippen molar-refractivity contribution in [3.05, 3.63) is 34.9 Å². The maximum atomic E-state index is 12.8. The first kappa shape index (κ1) is 17.6. The largest absolute Gasteiger partial charge is 0.493 e. The van der Waals surface area contributed by atoms with Crippen molar-refractivity contribution >= 4 is 5.97 Å². The minimum atomic E-state index is -0.312. The second-order valence-electron chi connectivity index (χ2n) is 7.77. The average molecular weight is 412 g/mol. The van der Waals surface area contributed by atoms with E-state index in [1.807, 2.05) is 18.2 Å². The van der Waals surface area contributed by atoms with E-state index in [0.29, 0.717) is 47.5 Å². The minimum Gasteiger partial charge on any atom is -0.493 e. The van der Waals surface area contributed by atoms with E-state index >= 15 is 0 Å². The molecule has 0 unspecified atom stereocenters. The molecule has 0 aromatic heterocycles. The van der Waals surface area contributed by atoms with Gasteiger partial charge in [-0.2, -0.15) is 0 Å². The number of hydrogen-bond acceptors (Lipinski definition) is 8. The van der Waals surface area contributed by atoms with E-state index in [1.54, 1.807) is 14.2 Å². The molecular weight excluding hydrogens is 392 g/mol. The molecule has 0 bridgehead atoms.